The summed E-state index contributed by atoms with van der Waals surface area (Å²) >= 11 is 0. The van der Waals surface area contributed by atoms with Gasteiger partial charge in [-0.05, 0) is 31.9 Å². The normalized spacial score (nSPS) is 16.6. The Morgan fingerprint density at radius 2 is 1.97 bits per heavy atom. The summed E-state index contributed by atoms with van der Waals surface area (Å²) in [7, 11) is 1.46. The van der Waals surface area contributed by atoms with Gasteiger partial charge in [0.15, 0.2) is 5.88 Å². The molecule has 0 spiro atoms. The molecule has 6 N–H and O–H groups in total. The van der Waals surface area contributed by atoms with Crippen molar-refractivity contribution < 1.29 is 17.9 Å². The van der Waals surface area contributed by atoms with E-state index in [9.17, 15) is 13.2 Å². The van der Waals surface area contributed by atoms with Crippen LogP contribution < -0.4 is 17.2 Å². The highest BCUT2D eigenvalue weighted by Gasteiger charge is 2.57. The van der Waals surface area contributed by atoms with Crippen LogP contribution in [0.3, 0.4) is 0 Å². The number of methoxy groups -OCH3 is 1. The number of rotatable bonds is 7. The molecule has 9 heteroatoms. The van der Waals surface area contributed by atoms with Crippen molar-refractivity contribution >= 4 is 23.6 Å². The number of benzene rings is 1. The summed E-state index contributed by atoms with van der Waals surface area (Å²) in [4.78, 5) is 8.75. The first kappa shape index (κ1) is 24.2. The fraction of sp³-hybridized carbons (Fsp3) is 0.333. The molecule has 1 aliphatic rings. The molecule has 2 aromatic rings. The second-order valence-electron chi connectivity index (χ2n) is 8.17. The van der Waals surface area contributed by atoms with Crippen molar-refractivity contribution in [1.29, 1.82) is 0 Å². The number of aliphatic imine (C=N–C) groups is 1. The van der Waals surface area contributed by atoms with E-state index in [1.54, 1.807) is 24.3 Å². The van der Waals surface area contributed by atoms with E-state index in [0.29, 0.717) is 34.5 Å². The third kappa shape index (κ3) is 5.13. The highest BCUT2D eigenvalue weighted by Crippen LogP contribution is 2.53. The molecule has 0 saturated heterocycles. The first-order valence-corrected chi connectivity index (χ1v) is 10.5. The van der Waals surface area contributed by atoms with Crippen molar-refractivity contribution in [3.8, 4) is 11.3 Å². The molecule has 1 saturated carbocycles. The van der Waals surface area contributed by atoms with Crippen LogP contribution in [0.15, 0.2) is 47.4 Å². The Labute approximate surface area is 191 Å². The lowest BCUT2D eigenvalue weighted by Crippen LogP contribution is -2.46. The number of nitrogen functional groups attached to an aromatic ring is 1. The minimum absolute atomic E-state index is 0.0977. The Bertz CT molecular complexity index is 1100. The fourth-order valence-corrected chi connectivity index (χ4v) is 3.73. The summed E-state index contributed by atoms with van der Waals surface area (Å²) < 4.78 is 45.3. The molecule has 0 amide bonds. The van der Waals surface area contributed by atoms with E-state index in [1.165, 1.54) is 19.5 Å². The van der Waals surface area contributed by atoms with E-state index in [0.717, 1.165) is 11.3 Å². The minimum Gasteiger partial charge on any atom is -0.483 e. The molecule has 0 unspecified atom stereocenters. The molecule has 1 aromatic carbocycles. The van der Waals surface area contributed by atoms with Crippen molar-refractivity contribution in [3.63, 3.8) is 0 Å². The second-order valence-corrected chi connectivity index (χ2v) is 8.17. The molecule has 1 aliphatic carbocycles. The molecule has 0 aliphatic heterocycles. The summed E-state index contributed by atoms with van der Waals surface area (Å²) in [6.45, 7) is 1.52. The molecule has 1 heterocycles. The van der Waals surface area contributed by atoms with E-state index < -0.39 is 11.6 Å². The van der Waals surface area contributed by atoms with Crippen LogP contribution in [0.5, 0.6) is 0 Å². The van der Waals surface area contributed by atoms with E-state index in [1.807, 2.05) is 19.1 Å². The van der Waals surface area contributed by atoms with Crippen molar-refractivity contribution in [2.24, 2.45) is 21.9 Å². The SMILES string of the molecule is CO/C(N)=C/c1ccc(-c2nc(C)ccc2/C(C=NCC2(C(F)(F)F)CCC2)=C/N)cc1N. The number of allylic oxidation sites excluding steroid dienone is 1. The third-order valence-corrected chi connectivity index (χ3v) is 5.96. The zero-order valence-corrected chi connectivity index (χ0v) is 18.6. The van der Waals surface area contributed by atoms with E-state index in [4.69, 9.17) is 21.9 Å². The summed E-state index contributed by atoms with van der Waals surface area (Å²) in [6.07, 6.45) is 0.802. The molecular weight excluding hydrogens is 431 g/mol. The first-order chi connectivity index (χ1) is 15.6. The van der Waals surface area contributed by atoms with Crippen LogP contribution in [0.2, 0.25) is 0 Å². The summed E-state index contributed by atoms with van der Waals surface area (Å²) in [5.41, 5.74) is 20.3. The summed E-state index contributed by atoms with van der Waals surface area (Å²) in [5, 5.41) is 0. The molecule has 176 valence electrons. The topological polar surface area (TPSA) is 113 Å². The van der Waals surface area contributed by atoms with Crippen LogP contribution in [0.25, 0.3) is 22.9 Å². The highest BCUT2D eigenvalue weighted by molar-refractivity contribution is 6.11. The number of hydrogen-bond acceptors (Lipinski definition) is 6. The zero-order chi connectivity index (χ0) is 24.2. The maximum absolute atomic E-state index is 13.4. The molecule has 1 aromatic heterocycles. The number of nitrogens with zero attached hydrogens (tertiary/aromatic N) is 2. The zero-order valence-electron chi connectivity index (χ0n) is 18.6. The lowest BCUT2D eigenvalue weighted by atomic mass is 9.68. The quantitative estimate of drug-likeness (QED) is 0.317. The van der Waals surface area contributed by atoms with Gasteiger partial charge in [0.25, 0.3) is 0 Å². The minimum atomic E-state index is -4.27. The van der Waals surface area contributed by atoms with Crippen LogP contribution in [-0.4, -0.2) is 31.0 Å². The maximum Gasteiger partial charge on any atom is 0.396 e. The average Bonchev–Trinajstić information content (AvgIpc) is 2.73. The summed E-state index contributed by atoms with van der Waals surface area (Å²) in [6, 6.07) is 8.98. The third-order valence-electron chi connectivity index (χ3n) is 5.96. The lowest BCUT2D eigenvalue weighted by Gasteiger charge is -2.41. The van der Waals surface area contributed by atoms with Crippen LogP contribution in [0.4, 0.5) is 18.9 Å². The molecular formula is C24H28F3N5O. The van der Waals surface area contributed by atoms with Gasteiger partial charge in [-0.1, -0.05) is 24.6 Å². The smallest absolute Gasteiger partial charge is 0.396 e. The van der Waals surface area contributed by atoms with Gasteiger partial charge in [-0.3, -0.25) is 9.98 Å². The molecule has 0 atom stereocenters. The molecule has 3 rings (SSSR count). The Morgan fingerprint density at radius 3 is 2.52 bits per heavy atom. The van der Waals surface area contributed by atoms with Crippen LogP contribution >= 0.6 is 0 Å². The molecule has 6 nitrogen and oxygen atoms in total. The van der Waals surface area contributed by atoms with Gasteiger partial charge in [0.05, 0.1) is 24.8 Å². The average molecular weight is 460 g/mol. The number of aryl methyl sites for hydroxylation is 1. The standard InChI is InChI=1S/C24H28F3N5O/c1-15-4-7-19(18(12-28)13-31-14-23(8-3-9-23)24(25,26)27)22(32-15)17-6-5-16(20(29)10-17)11-21(30)33-2/h4-7,10-13H,3,8-9,14,28-30H2,1-2H3/b18-12+,21-11+,31-13?. The Kier molecular flexibility index (Phi) is 7.00. The summed E-state index contributed by atoms with van der Waals surface area (Å²) in [5.74, 6) is 0.219. The van der Waals surface area contributed by atoms with Crippen molar-refractivity contribution in [2.75, 3.05) is 19.4 Å². The Hall–Kier alpha value is -3.49. The number of pyridine rings is 1. The maximum atomic E-state index is 13.4. The van der Waals surface area contributed by atoms with Crippen molar-refractivity contribution in [1.82, 2.24) is 4.98 Å². The number of halogens is 3. The Morgan fingerprint density at radius 1 is 1.24 bits per heavy atom. The predicted molar refractivity (Wildman–Crippen MR) is 126 cm³/mol. The van der Waals surface area contributed by atoms with Crippen molar-refractivity contribution in [3.05, 3.63) is 59.2 Å². The van der Waals surface area contributed by atoms with Crippen molar-refractivity contribution in [2.45, 2.75) is 32.4 Å². The second kappa shape index (κ2) is 9.56. The van der Waals surface area contributed by atoms with Gasteiger partial charge in [0, 0.05) is 52.1 Å². The van der Waals surface area contributed by atoms with Gasteiger partial charge < -0.3 is 21.9 Å². The van der Waals surface area contributed by atoms with E-state index in [2.05, 4.69) is 9.98 Å². The van der Waals surface area contributed by atoms with Crippen LogP contribution in [0.1, 0.15) is 36.1 Å². The predicted octanol–water partition coefficient (Wildman–Crippen LogP) is 4.65. The van der Waals surface area contributed by atoms with Gasteiger partial charge in [-0.2, -0.15) is 13.2 Å². The number of hydrogen-bond donors (Lipinski definition) is 3. The van der Waals surface area contributed by atoms with Gasteiger partial charge in [-0.25, -0.2) is 0 Å². The van der Waals surface area contributed by atoms with E-state index >= 15 is 0 Å². The number of ether oxygens (including phenoxy) is 1. The highest BCUT2D eigenvalue weighted by atomic mass is 19.4. The fourth-order valence-electron chi connectivity index (χ4n) is 3.73. The molecule has 33 heavy (non-hydrogen) atoms. The first-order valence-electron chi connectivity index (χ1n) is 10.5. The number of anilines is 1. The molecule has 0 radical (unpaired) electrons. The lowest BCUT2D eigenvalue weighted by molar-refractivity contribution is -0.245. The van der Waals surface area contributed by atoms with Gasteiger partial charge >= 0.3 is 6.18 Å². The number of aromatic nitrogens is 1. The number of alkyl halides is 3. The van der Waals surface area contributed by atoms with Crippen LogP contribution in [-0.2, 0) is 4.74 Å². The van der Waals surface area contributed by atoms with Crippen LogP contribution in [0, 0.1) is 12.3 Å². The van der Waals surface area contributed by atoms with Gasteiger partial charge in [0.1, 0.15) is 0 Å². The van der Waals surface area contributed by atoms with Gasteiger partial charge in [0.2, 0.25) is 0 Å². The molecule has 0 bridgehead atoms. The monoisotopic (exact) mass is 459 g/mol. The Balaban J connectivity index is 1.94. The number of nitrogens with two attached hydrogens (primary N) is 3. The molecule has 1 fully saturated rings. The largest absolute Gasteiger partial charge is 0.483 e. The van der Waals surface area contributed by atoms with Gasteiger partial charge in [-0.15, -0.1) is 0 Å². The van der Waals surface area contributed by atoms with E-state index in [-0.39, 0.29) is 25.3 Å².